The predicted molar refractivity (Wildman–Crippen MR) is 108 cm³/mol. The lowest BCUT2D eigenvalue weighted by Crippen LogP contribution is -2.08. The highest BCUT2D eigenvalue weighted by Gasteiger charge is 2.35. The van der Waals surface area contributed by atoms with Crippen molar-refractivity contribution in [1.29, 1.82) is 0 Å². The Kier molecular flexibility index (Phi) is 5.64. The minimum absolute atomic E-state index is 0.0973. The van der Waals surface area contributed by atoms with Gasteiger partial charge in [0.15, 0.2) is 11.5 Å². The molecule has 1 heterocycles. The Morgan fingerprint density at radius 3 is 2.19 bits per heavy atom. The van der Waals surface area contributed by atoms with Gasteiger partial charge in [-0.3, -0.25) is 0 Å². The van der Waals surface area contributed by atoms with Crippen LogP contribution in [-0.4, -0.2) is 21.3 Å². The van der Waals surface area contributed by atoms with Gasteiger partial charge in [-0.2, -0.15) is 0 Å². The average Bonchev–Trinajstić information content (AvgIpc) is 3.03. The number of fused-ring (bicyclic) bond motifs is 1. The third-order valence-corrected chi connectivity index (χ3v) is 5.16. The fourth-order valence-corrected chi connectivity index (χ4v) is 3.79. The molecule has 2 atom stereocenters. The molecule has 1 aliphatic heterocycles. The SMILES string of the molecule is C/C=C/c1cc(CC)c2c(c1)C(C)C(c1cc(OC)c(OC)c(OC)c1)O2. The Balaban J connectivity index is 2.07. The van der Waals surface area contributed by atoms with Gasteiger partial charge in [0.1, 0.15) is 11.9 Å². The zero-order valence-corrected chi connectivity index (χ0v) is 17.0. The molecule has 1 aliphatic rings. The van der Waals surface area contributed by atoms with Gasteiger partial charge in [-0.1, -0.05) is 26.0 Å². The van der Waals surface area contributed by atoms with Crippen molar-refractivity contribution < 1.29 is 18.9 Å². The molecule has 0 aliphatic carbocycles. The fraction of sp³-hybridized carbons (Fsp3) is 0.391. The lowest BCUT2D eigenvalue weighted by atomic mass is 9.90. The molecule has 0 bridgehead atoms. The average molecular weight is 368 g/mol. The summed E-state index contributed by atoms with van der Waals surface area (Å²) >= 11 is 0. The minimum atomic E-state index is -0.0973. The molecule has 0 radical (unpaired) electrons. The maximum Gasteiger partial charge on any atom is 0.203 e. The van der Waals surface area contributed by atoms with Crippen LogP contribution in [0.3, 0.4) is 0 Å². The van der Waals surface area contributed by atoms with E-state index in [1.165, 1.54) is 16.7 Å². The van der Waals surface area contributed by atoms with Crippen molar-refractivity contribution in [2.24, 2.45) is 0 Å². The summed E-state index contributed by atoms with van der Waals surface area (Å²) in [7, 11) is 4.88. The summed E-state index contributed by atoms with van der Waals surface area (Å²) in [6.45, 7) is 6.41. The molecule has 144 valence electrons. The van der Waals surface area contributed by atoms with Gasteiger partial charge in [0.05, 0.1) is 21.3 Å². The van der Waals surface area contributed by atoms with Crippen LogP contribution in [0.15, 0.2) is 30.3 Å². The first kappa shape index (κ1) is 19.2. The molecule has 2 aromatic carbocycles. The number of hydrogen-bond acceptors (Lipinski definition) is 4. The normalized spacial score (nSPS) is 18.3. The molecule has 2 unspecified atom stereocenters. The van der Waals surface area contributed by atoms with E-state index in [0.29, 0.717) is 17.2 Å². The number of rotatable bonds is 6. The van der Waals surface area contributed by atoms with E-state index in [2.05, 4.69) is 38.1 Å². The number of methoxy groups -OCH3 is 3. The lowest BCUT2D eigenvalue weighted by molar-refractivity contribution is 0.212. The summed E-state index contributed by atoms with van der Waals surface area (Å²) in [6.07, 6.45) is 5.04. The van der Waals surface area contributed by atoms with Crippen LogP contribution >= 0.6 is 0 Å². The fourth-order valence-electron chi connectivity index (χ4n) is 3.79. The lowest BCUT2D eigenvalue weighted by Gasteiger charge is -2.20. The predicted octanol–water partition coefficient (Wildman–Crippen LogP) is 5.55. The third kappa shape index (κ3) is 3.36. The zero-order valence-electron chi connectivity index (χ0n) is 17.0. The molecule has 0 saturated carbocycles. The van der Waals surface area contributed by atoms with Crippen molar-refractivity contribution in [2.75, 3.05) is 21.3 Å². The molecule has 0 fully saturated rings. The van der Waals surface area contributed by atoms with Crippen LogP contribution in [0.2, 0.25) is 0 Å². The Morgan fingerprint density at radius 2 is 1.67 bits per heavy atom. The van der Waals surface area contributed by atoms with E-state index in [9.17, 15) is 0 Å². The van der Waals surface area contributed by atoms with Crippen LogP contribution in [0.1, 0.15) is 55.0 Å². The molecule has 0 amide bonds. The Hall–Kier alpha value is -2.62. The molecule has 27 heavy (non-hydrogen) atoms. The van der Waals surface area contributed by atoms with Crippen molar-refractivity contribution >= 4 is 6.08 Å². The van der Waals surface area contributed by atoms with Gasteiger partial charge >= 0.3 is 0 Å². The quantitative estimate of drug-likeness (QED) is 0.670. The summed E-state index contributed by atoms with van der Waals surface area (Å²) in [5.74, 6) is 3.11. The molecule has 0 N–H and O–H groups in total. The van der Waals surface area contributed by atoms with E-state index < -0.39 is 0 Å². The number of aryl methyl sites for hydroxylation is 1. The Labute approximate surface area is 161 Å². The van der Waals surface area contributed by atoms with Crippen LogP contribution in [0, 0.1) is 0 Å². The van der Waals surface area contributed by atoms with Gasteiger partial charge in [0.2, 0.25) is 5.75 Å². The summed E-state index contributed by atoms with van der Waals surface area (Å²) in [5, 5.41) is 0. The topological polar surface area (TPSA) is 36.9 Å². The molecule has 3 rings (SSSR count). The highest BCUT2D eigenvalue weighted by atomic mass is 16.5. The summed E-state index contributed by atoms with van der Waals surface area (Å²) in [5.41, 5.74) is 4.72. The molecule has 0 saturated heterocycles. The van der Waals surface area contributed by atoms with Crippen LogP contribution in [0.5, 0.6) is 23.0 Å². The number of allylic oxidation sites excluding steroid dienone is 1. The van der Waals surface area contributed by atoms with Crippen molar-refractivity contribution in [3.63, 3.8) is 0 Å². The second-order valence-corrected chi connectivity index (χ2v) is 6.74. The maximum absolute atomic E-state index is 6.46. The van der Waals surface area contributed by atoms with E-state index in [4.69, 9.17) is 18.9 Å². The molecule has 0 spiro atoms. The second-order valence-electron chi connectivity index (χ2n) is 6.74. The molecule has 4 nitrogen and oxygen atoms in total. The smallest absolute Gasteiger partial charge is 0.203 e. The summed E-state index contributed by atoms with van der Waals surface area (Å²) in [6, 6.07) is 8.40. The van der Waals surface area contributed by atoms with Crippen LogP contribution in [0.25, 0.3) is 6.08 Å². The van der Waals surface area contributed by atoms with Gasteiger partial charge in [-0.15, -0.1) is 0 Å². The van der Waals surface area contributed by atoms with Gasteiger partial charge < -0.3 is 18.9 Å². The summed E-state index contributed by atoms with van der Waals surface area (Å²) < 4.78 is 22.9. The van der Waals surface area contributed by atoms with E-state index in [-0.39, 0.29) is 12.0 Å². The highest BCUT2D eigenvalue weighted by Crippen LogP contribution is 2.50. The minimum Gasteiger partial charge on any atom is -0.493 e. The van der Waals surface area contributed by atoms with Gasteiger partial charge in [0.25, 0.3) is 0 Å². The van der Waals surface area contributed by atoms with Crippen molar-refractivity contribution in [3.8, 4) is 23.0 Å². The largest absolute Gasteiger partial charge is 0.493 e. The first-order chi connectivity index (χ1) is 13.1. The van der Waals surface area contributed by atoms with Crippen LogP contribution < -0.4 is 18.9 Å². The van der Waals surface area contributed by atoms with E-state index in [1.807, 2.05) is 19.1 Å². The number of benzene rings is 2. The van der Waals surface area contributed by atoms with Gasteiger partial charge in [-0.25, -0.2) is 0 Å². The van der Waals surface area contributed by atoms with Crippen molar-refractivity contribution in [3.05, 3.63) is 52.6 Å². The monoisotopic (exact) mass is 368 g/mol. The maximum atomic E-state index is 6.46. The number of ether oxygens (including phenoxy) is 4. The van der Waals surface area contributed by atoms with Gasteiger partial charge in [-0.05, 0) is 48.7 Å². The standard InChI is InChI=1S/C23H28O4/c1-7-9-15-10-16(8-2)22-18(11-15)14(3)21(27-22)17-12-19(24-4)23(26-6)20(13-17)25-5/h7,9-14,21H,8H2,1-6H3/b9-7+. The molecule has 4 heteroatoms. The second kappa shape index (κ2) is 7.95. The van der Waals surface area contributed by atoms with E-state index in [0.717, 1.165) is 17.7 Å². The molecule has 2 aromatic rings. The van der Waals surface area contributed by atoms with Crippen molar-refractivity contribution in [1.82, 2.24) is 0 Å². The molecular formula is C23H28O4. The zero-order chi connectivity index (χ0) is 19.6. The van der Waals surface area contributed by atoms with Crippen molar-refractivity contribution in [2.45, 2.75) is 39.2 Å². The van der Waals surface area contributed by atoms with E-state index >= 15 is 0 Å². The third-order valence-electron chi connectivity index (χ3n) is 5.16. The first-order valence-electron chi connectivity index (χ1n) is 9.33. The molecule has 0 aromatic heterocycles. The molecular weight excluding hydrogens is 340 g/mol. The first-order valence-corrected chi connectivity index (χ1v) is 9.33. The van der Waals surface area contributed by atoms with Crippen LogP contribution in [-0.2, 0) is 6.42 Å². The Bertz CT molecular complexity index is 829. The Morgan fingerprint density at radius 1 is 1.00 bits per heavy atom. The number of hydrogen-bond donors (Lipinski definition) is 0. The van der Waals surface area contributed by atoms with Gasteiger partial charge in [0, 0.05) is 17.0 Å². The van der Waals surface area contributed by atoms with Crippen LogP contribution in [0.4, 0.5) is 0 Å². The summed E-state index contributed by atoms with van der Waals surface area (Å²) in [4.78, 5) is 0. The van der Waals surface area contributed by atoms with E-state index in [1.54, 1.807) is 21.3 Å². The highest BCUT2D eigenvalue weighted by molar-refractivity contribution is 5.60.